The number of hydrogen-bond donors (Lipinski definition) is 2. The second kappa shape index (κ2) is 6.19. The Morgan fingerprint density at radius 1 is 1.53 bits per heavy atom. The fourth-order valence-corrected chi connectivity index (χ4v) is 2.58. The van der Waals surface area contributed by atoms with E-state index in [4.69, 9.17) is 0 Å². The van der Waals surface area contributed by atoms with Gasteiger partial charge >= 0.3 is 0 Å². The Kier molecular flexibility index (Phi) is 4.58. The Morgan fingerprint density at radius 2 is 2.32 bits per heavy atom. The summed E-state index contributed by atoms with van der Waals surface area (Å²) >= 11 is 0. The van der Waals surface area contributed by atoms with Crippen molar-refractivity contribution in [2.75, 3.05) is 6.54 Å². The Balaban J connectivity index is 1.96. The van der Waals surface area contributed by atoms with E-state index in [1.807, 2.05) is 31.8 Å². The highest BCUT2D eigenvalue weighted by Gasteiger charge is 2.22. The lowest BCUT2D eigenvalue weighted by atomic mass is 10.1. The highest BCUT2D eigenvalue weighted by atomic mass is 16.2. The first-order chi connectivity index (χ1) is 9.09. The van der Waals surface area contributed by atoms with Crippen LogP contribution in [0, 0.1) is 6.92 Å². The van der Waals surface area contributed by atoms with Crippen LogP contribution in [0.1, 0.15) is 49.9 Å². The normalized spacial score (nSPS) is 21.7. The number of nitrogens with zero attached hydrogens (tertiary/aromatic N) is 2. The van der Waals surface area contributed by atoms with Gasteiger partial charge in [-0.2, -0.15) is 5.10 Å². The predicted molar refractivity (Wildman–Crippen MR) is 74.8 cm³/mol. The van der Waals surface area contributed by atoms with Gasteiger partial charge in [0, 0.05) is 18.3 Å². The van der Waals surface area contributed by atoms with Crippen LogP contribution in [0.25, 0.3) is 0 Å². The van der Waals surface area contributed by atoms with E-state index in [1.54, 1.807) is 0 Å². The minimum Gasteiger partial charge on any atom is -0.348 e. The lowest BCUT2D eigenvalue weighted by Gasteiger charge is -2.19. The lowest BCUT2D eigenvalue weighted by molar-refractivity contribution is -0.123. The summed E-state index contributed by atoms with van der Waals surface area (Å²) in [5, 5.41) is 10.6. The van der Waals surface area contributed by atoms with Crippen molar-refractivity contribution in [3.63, 3.8) is 0 Å². The van der Waals surface area contributed by atoms with Crippen LogP contribution < -0.4 is 10.6 Å². The van der Waals surface area contributed by atoms with E-state index in [0.717, 1.165) is 30.6 Å². The van der Waals surface area contributed by atoms with Gasteiger partial charge in [0.2, 0.25) is 5.91 Å². The van der Waals surface area contributed by atoms with E-state index in [1.165, 1.54) is 12.8 Å². The summed E-state index contributed by atoms with van der Waals surface area (Å²) in [5.41, 5.74) is 2.19. The quantitative estimate of drug-likeness (QED) is 0.868. The van der Waals surface area contributed by atoms with Gasteiger partial charge in [0.1, 0.15) is 0 Å². The predicted octanol–water partition coefficient (Wildman–Crippen LogP) is 1.44. The summed E-state index contributed by atoms with van der Waals surface area (Å²) in [4.78, 5) is 12.3. The molecule has 2 heterocycles. The zero-order valence-corrected chi connectivity index (χ0v) is 12.1. The van der Waals surface area contributed by atoms with Crippen molar-refractivity contribution in [1.29, 1.82) is 0 Å². The number of aryl methyl sites for hydroxylation is 1. The molecule has 0 bridgehead atoms. The van der Waals surface area contributed by atoms with Gasteiger partial charge in [-0.05, 0) is 33.2 Å². The van der Waals surface area contributed by atoms with E-state index >= 15 is 0 Å². The van der Waals surface area contributed by atoms with Crippen molar-refractivity contribution in [2.45, 2.75) is 51.6 Å². The van der Waals surface area contributed by atoms with Crippen molar-refractivity contribution in [3.05, 3.63) is 17.5 Å². The molecule has 1 amide bonds. The van der Waals surface area contributed by atoms with E-state index in [9.17, 15) is 4.79 Å². The van der Waals surface area contributed by atoms with Crippen LogP contribution in [0.2, 0.25) is 0 Å². The first-order valence-corrected chi connectivity index (χ1v) is 7.12. The monoisotopic (exact) mass is 264 g/mol. The second-order valence-corrected chi connectivity index (χ2v) is 5.40. The van der Waals surface area contributed by atoms with Crippen LogP contribution in [0.5, 0.6) is 0 Å². The summed E-state index contributed by atoms with van der Waals surface area (Å²) in [7, 11) is 1.92. The zero-order valence-electron chi connectivity index (χ0n) is 12.1. The van der Waals surface area contributed by atoms with Crippen LogP contribution in [-0.2, 0) is 11.8 Å². The summed E-state index contributed by atoms with van der Waals surface area (Å²) in [5.74, 6) is 0.109. The molecule has 1 aromatic heterocycles. The summed E-state index contributed by atoms with van der Waals surface area (Å²) < 4.78 is 1.84. The Morgan fingerprint density at radius 3 is 3.00 bits per heavy atom. The number of carbonyl (C=O) groups is 1. The minimum absolute atomic E-state index is 0.00579. The molecule has 5 heteroatoms. The maximum Gasteiger partial charge on any atom is 0.237 e. The molecule has 2 unspecified atom stereocenters. The standard InChI is InChI=1S/C14H24N4O/c1-10(12-9-16-18(3)11(12)2)17-14(19)13-7-5-4-6-8-15-13/h9-10,13,15H,4-8H2,1-3H3,(H,17,19). The average Bonchev–Trinajstić information content (AvgIpc) is 2.61. The van der Waals surface area contributed by atoms with Gasteiger partial charge in [0.25, 0.3) is 0 Å². The van der Waals surface area contributed by atoms with Crippen molar-refractivity contribution >= 4 is 5.91 Å². The lowest BCUT2D eigenvalue weighted by Crippen LogP contribution is -2.44. The fourth-order valence-electron chi connectivity index (χ4n) is 2.58. The van der Waals surface area contributed by atoms with Gasteiger partial charge in [0.05, 0.1) is 18.3 Å². The van der Waals surface area contributed by atoms with Crippen LogP contribution in [0.4, 0.5) is 0 Å². The molecule has 106 valence electrons. The molecule has 0 aliphatic carbocycles. The molecule has 1 aromatic rings. The number of nitrogens with one attached hydrogen (secondary N) is 2. The van der Waals surface area contributed by atoms with Crippen LogP contribution in [-0.4, -0.2) is 28.3 Å². The smallest absolute Gasteiger partial charge is 0.237 e. The molecule has 5 nitrogen and oxygen atoms in total. The molecule has 1 aliphatic heterocycles. The third kappa shape index (κ3) is 3.35. The third-order valence-corrected chi connectivity index (χ3v) is 3.98. The molecule has 0 radical (unpaired) electrons. The molecule has 2 rings (SSSR count). The Hall–Kier alpha value is -1.36. The van der Waals surface area contributed by atoms with Crippen LogP contribution >= 0.6 is 0 Å². The van der Waals surface area contributed by atoms with Gasteiger partial charge in [-0.15, -0.1) is 0 Å². The summed E-state index contributed by atoms with van der Waals surface area (Å²) in [6, 6.07) is -0.0341. The number of carbonyl (C=O) groups excluding carboxylic acids is 1. The maximum absolute atomic E-state index is 12.3. The topological polar surface area (TPSA) is 59.0 Å². The molecular weight excluding hydrogens is 240 g/mol. The van der Waals surface area contributed by atoms with E-state index in [0.29, 0.717) is 0 Å². The molecule has 0 spiro atoms. The molecule has 1 fully saturated rings. The van der Waals surface area contributed by atoms with Crippen molar-refractivity contribution < 1.29 is 4.79 Å². The maximum atomic E-state index is 12.3. The molecule has 2 N–H and O–H groups in total. The van der Waals surface area contributed by atoms with Crippen LogP contribution in [0.15, 0.2) is 6.20 Å². The van der Waals surface area contributed by atoms with Crippen molar-refractivity contribution in [1.82, 2.24) is 20.4 Å². The summed E-state index contributed by atoms with van der Waals surface area (Å²) in [6.07, 6.45) is 6.28. The van der Waals surface area contributed by atoms with Gasteiger partial charge in [-0.3, -0.25) is 9.48 Å². The van der Waals surface area contributed by atoms with Gasteiger partial charge in [-0.1, -0.05) is 12.8 Å². The molecule has 19 heavy (non-hydrogen) atoms. The molecule has 0 aromatic carbocycles. The minimum atomic E-state index is -0.0399. The fraction of sp³-hybridized carbons (Fsp3) is 0.714. The summed E-state index contributed by atoms with van der Waals surface area (Å²) in [6.45, 7) is 4.98. The second-order valence-electron chi connectivity index (χ2n) is 5.40. The van der Waals surface area contributed by atoms with Gasteiger partial charge in [0.15, 0.2) is 0 Å². The van der Waals surface area contributed by atoms with E-state index < -0.39 is 0 Å². The third-order valence-electron chi connectivity index (χ3n) is 3.98. The van der Waals surface area contributed by atoms with Crippen molar-refractivity contribution in [2.24, 2.45) is 7.05 Å². The molecule has 1 saturated heterocycles. The average molecular weight is 264 g/mol. The first kappa shape index (κ1) is 14.1. The zero-order chi connectivity index (χ0) is 13.8. The molecular formula is C14H24N4O. The van der Waals surface area contributed by atoms with Gasteiger partial charge < -0.3 is 10.6 Å². The Labute approximate surface area is 114 Å². The first-order valence-electron chi connectivity index (χ1n) is 7.12. The van der Waals surface area contributed by atoms with Crippen LogP contribution in [0.3, 0.4) is 0 Å². The highest BCUT2D eigenvalue weighted by Crippen LogP contribution is 2.17. The van der Waals surface area contributed by atoms with Gasteiger partial charge in [-0.25, -0.2) is 0 Å². The highest BCUT2D eigenvalue weighted by molar-refractivity contribution is 5.82. The number of hydrogen-bond acceptors (Lipinski definition) is 3. The molecule has 2 atom stereocenters. The number of aromatic nitrogens is 2. The molecule has 1 aliphatic rings. The van der Waals surface area contributed by atoms with Crippen molar-refractivity contribution in [3.8, 4) is 0 Å². The number of rotatable bonds is 3. The molecule has 0 saturated carbocycles. The Bertz CT molecular complexity index is 433. The van der Waals surface area contributed by atoms with E-state index in [2.05, 4.69) is 15.7 Å². The SMILES string of the molecule is Cc1c(C(C)NC(=O)C2CCCCCN2)cnn1C. The largest absolute Gasteiger partial charge is 0.348 e. The number of amides is 1. The van der Waals surface area contributed by atoms with E-state index in [-0.39, 0.29) is 18.0 Å².